The number of aliphatic hydroxyl groups is 2. The monoisotopic (exact) mass is 988 g/mol. The van der Waals surface area contributed by atoms with E-state index in [2.05, 4.69) is 92.1 Å². The van der Waals surface area contributed by atoms with Gasteiger partial charge in [-0.05, 0) is 83.5 Å². The predicted molar refractivity (Wildman–Crippen MR) is 317 cm³/mol. The molecule has 71 heavy (non-hydrogen) atoms. The highest BCUT2D eigenvalue weighted by atomic mass is 16.3. The van der Waals surface area contributed by atoms with Crippen LogP contribution in [0.15, 0.2) is 85.1 Å². The number of hydrogen-bond acceptors (Lipinski definition) is 3. The van der Waals surface area contributed by atoms with E-state index in [1.807, 2.05) is 6.08 Å². The molecule has 2 atom stereocenters. The highest BCUT2D eigenvalue weighted by molar-refractivity contribution is 5.76. The summed E-state index contributed by atoms with van der Waals surface area (Å²) < 4.78 is 0. The molecule has 0 radical (unpaired) electrons. The second-order valence-corrected chi connectivity index (χ2v) is 21.1. The van der Waals surface area contributed by atoms with Gasteiger partial charge >= 0.3 is 0 Å². The maximum atomic E-state index is 12.5. The van der Waals surface area contributed by atoms with Gasteiger partial charge in [-0.2, -0.15) is 0 Å². The van der Waals surface area contributed by atoms with Gasteiger partial charge in [-0.1, -0.05) is 311 Å². The number of allylic oxidation sites excluding steroid dienone is 13. The van der Waals surface area contributed by atoms with Crippen LogP contribution in [0.3, 0.4) is 0 Å². The largest absolute Gasteiger partial charge is 0.394 e. The van der Waals surface area contributed by atoms with Crippen molar-refractivity contribution < 1.29 is 15.0 Å². The molecule has 0 aromatic heterocycles. The van der Waals surface area contributed by atoms with Crippen LogP contribution >= 0.6 is 0 Å². The van der Waals surface area contributed by atoms with Crippen LogP contribution in [0.5, 0.6) is 0 Å². The first-order valence-electron chi connectivity index (χ1n) is 31.3. The Kier molecular flexibility index (Phi) is 59.8. The van der Waals surface area contributed by atoms with Crippen LogP contribution in [0.1, 0.15) is 316 Å². The first kappa shape index (κ1) is 68.6. The number of hydrogen-bond donors (Lipinski definition) is 3. The van der Waals surface area contributed by atoms with E-state index in [0.29, 0.717) is 6.42 Å². The van der Waals surface area contributed by atoms with Crippen molar-refractivity contribution in [1.29, 1.82) is 0 Å². The van der Waals surface area contributed by atoms with Crippen molar-refractivity contribution in [3.63, 3.8) is 0 Å². The highest BCUT2D eigenvalue weighted by Crippen LogP contribution is 2.17. The number of rotatable bonds is 57. The Balaban J connectivity index is 3.53. The predicted octanol–water partition coefficient (Wildman–Crippen LogP) is 21.1. The molecule has 0 saturated carbocycles. The molecule has 0 aliphatic heterocycles. The molecule has 0 aromatic carbocycles. The summed E-state index contributed by atoms with van der Waals surface area (Å²) in [5, 5.41) is 23.2. The number of carbonyl (C=O) groups is 1. The van der Waals surface area contributed by atoms with Gasteiger partial charge in [0.25, 0.3) is 0 Å². The van der Waals surface area contributed by atoms with Crippen LogP contribution in [-0.4, -0.2) is 34.9 Å². The minimum absolute atomic E-state index is 0.0769. The van der Waals surface area contributed by atoms with E-state index in [0.717, 1.165) is 64.2 Å². The molecule has 4 nitrogen and oxygen atoms in total. The molecule has 3 N–H and O–H groups in total. The van der Waals surface area contributed by atoms with E-state index < -0.39 is 12.1 Å². The number of amides is 1. The number of nitrogens with one attached hydrogen (secondary N) is 1. The minimum atomic E-state index is -0.875. The summed E-state index contributed by atoms with van der Waals surface area (Å²) in [4.78, 5) is 12.5. The van der Waals surface area contributed by atoms with Crippen molar-refractivity contribution >= 4 is 5.91 Å². The standard InChI is InChI=1S/C67H121NO3/c1-3-5-7-9-11-13-15-17-19-21-23-25-27-29-31-33-35-36-38-40-42-44-46-48-50-52-54-56-58-60-62-66(70)65(64-69)68-67(71)63-61-59-57-55-53-51-49-47-45-43-41-39-37-34-32-30-28-26-24-22-20-18-16-14-12-10-8-6-4-2/h6,8,12,14,18,20,24,26,44,46,52,54,60,62,65-66,69-70H,3-5,7,9-11,13,15-17,19,21-23,25,27-43,45,47-51,53,55-59,61,63-64H2,1-2H3,(H,68,71)/b8-6-,14-12-,20-18-,26-24-,46-44+,54-52+,62-60+. The highest BCUT2D eigenvalue weighted by Gasteiger charge is 2.18. The van der Waals surface area contributed by atoms with Gasteiger partial charge in [-0.3, -0.25) is 4.79 Å². The Bertz CT molecular complexity index is 1260. The van der Waals surface area contributed by atoms with Crippen molar-refractivity contribution in [3.8, 4) is 0 Å². The average molecular weight is 989 g/mol. The molecule has 0 aliphatic carbocycles. The van der Waals surface area contributed by atoms with Gasteiger partial charge < -0.3 is 15.5 Å². The normalized spacial score (nSPS) is 13.4. The van der Waals surface area contributed by atoms with Gasteiger partial charge in [0.05, 0.1) is 18.8 Å². The van der Waals surface area contributed by atoms with Gasteiger partial charge in [-0.15, -0.1) is 0 Å². The lowest BCUT2D eigenvalue weighted by atomic mass is 10.0. The van der Waals surface area contributed by atoms with Crippen LogP contribution in [0.25, 0.3) is 0 Å². The Morgan fingerprint density at radius 2 is 0.634 bits per heavy atom. The van der Waals surface area contributed by atoms with Gasteiger partial charge in [0, 0.05) is 6.42 Å². The van der Waals surface area contributed by atoms with E-state index in [1.165, 1.54) is 231 Å². The fourth-order valence-corrected chi connectivity index (χ4v) is 9.38. The van der Waals surface area contributed by atoms with Crippen molar-refractivity contribution in [2.45, 2.75) is 328 Å². The molecule has 0 aliphatic rings. The zero-order valence-electron chi connectivity index (χ0n) is 47.5. The summed E-state index contributed by atoms with van der Waals surface area (Å²) >= 11 is 0. The lowest BCUT2D eigenvalue weighted by Crippen LogP contribution is -2.45. The lowest BCUT2D eigenvalue weighted by molar-refractivity contribution is -0.123. The second-order valence-electron chi connectivity index (χ2n) is 21.1. The molecule has 2 unspecified atom stereocenters. The van der Waals surface area contributed by atoms with Gasteiger partial charge in [0.2, 0.25) is 5.91 Å². The number of unbranched alkanes of at least 4 members (excludes halogenated alkanes) is 38. The summed E-state index contributed by atoms with van der Waals surface area (Å²) in [6.45, 7) is 4.21. The number of aliphatic hydroxyl groups excluding tert-OH is 2. The smallest absolute Gasteiger partial charge is 0.220 e. The Morgan fingerprint density at radius 1 is 0.352 bits per heavy atom. The van der Waals surface area contributed by atoms with E-state index in [1.54, 1.807) is 6.08 Å². The summed E-state index contributed by atoms with van der Waals surface area (Å²) in [7, 11) is 0. The molecule has 0 saturated heterocycles. The molecular formula is C67H121NO3. The molecular weight excluding hydrogens is 867 g/mol. The van der Waals surface area contributed by atoms with E-state index in [-0.39, 0.29) is 12.5 Å². The van der Waals surface area contributed by atoms with Gasteiger partial charge in [0.15, 0.2) is 0 Å². The third kappa shape index (κ3) is 58.3. The van der Waals surface area contributed by atoms with E-state index in [4.69, 9.17) is 0 Å². The molecule has 0 fully saturated rings. The van der Waals surface area contributed by atoms with Crippen LogP contribution < -0.4 is 5.32 Å². The second kappa shape index (κ2) is 61.9. The summed E-state index contributed by atoms with van der Waals surface area (Å²) in [6, 6.07) is -0.651. The SMILES string of the molecule is CC/C=C\C/C=C\C/C=C\C/C=C\CCCCCCCCCCCCCCCCCCC(=O)NC(CO)C(O)/C=C/CC/C=C/CC/C=C/CCCCCCCCCCCCCCCCCCCCCC. The fraction of sp³-hybridized carbons (Fsp3) is 0.776. The van der Waals surface area contributed by atoms with Gasteiger partial charge in [-0.25, -0.2) is 0 Å². The molecule has 4 heteroatoms. The fourth-order valence-electron chi connectivity index (χ4n) is 9.38. The minimum Gasteiger partial charge on any atom is -0.394 e. The topological polar surface area (TPSA) is 69.6 Å². The zero-order valence-corrected chi connectivity index (χ0v) is 47.5. The zero-order chi connectivity index (χ0) is 51.3. The molecule has 0 rings (SSSR count). The van der Waals surface area contributed by atoms with E-state index in [9.17, 15) is 15.0 Å². The maximum absolute atomic E-state index is 12.5. The molecule has 0 spiro atoms. The molecule has 0 bridgehead atoms. The molecule has 0 heterocycles. The Hall–Kier alpha value is -2.43. The maximum Gasteiger partial charge on any atom is 0.220 e. The van der Waals surface area contributed by atoms with Crippen molar-refractivity contribution in [2.24, 2.45) is 0 Å². The summed E-state index contributed by atoms with van der Waals surface area (Å²) in [5.74, 6) is -0.0769. The van der Waals surface area contributed by atoms with Crippen LogP contribution in [0, 0.1) is 0 Å². The van der Waals surface area contributed by atoms with Crippen LogP contribution in [0.4, 0.5) is 0 Å². The Labute approximate surface area is 443 Å². The average Bonchev–Trinajstić information content (AvgIpc) is 3.37. The number of carbonyl (C=O) groups excluding carboxylic acids is 1. The van der Waals surface area contributed by atoms with Crippen molar-refractivity contribution in [3.05, 3.63) is 85.1 Å². The third-order valence-electron chi connectivity index (χ3n) is 14.1. The van der Waals surface area contributed by atoms with Crippen molar-refractivity contribution in [2.75, 3.05) is 6.61 Å². The third-order valence-corrected chi connectivity index (χ3v) is 14.1. The van der Waals surface area contributed by atoms with Crippen LogP contribution in [-0.2, 0) is 4.79 Å². The van der Waals surface area contributed by atoms with Gasteiger partial charge in [0.1, 0.15) is 0 Å². The Morgan fingerprint density at radius 3 is 0.986 bits per heavy atom. The lowest BCUT2D eigenvalue weighted by Gasteiger charge is -2.19. The van der Waals surface area contributed by atoms with Crippen LogP contribution in [0.2, 0.25) is 0 Å². The summed E-state index contributed by atoms with van der Waals surface area (Å²) in [6.07, 6.45) is 90.6. The quantitative estimate of drug-likeness (QED) is 0.0420. The first-order chi connectivity index (χ1) is 35.2. The first-order valence-corrected chi connectivity index (χ1v) is 31.3. The molecule has 1 amide bonds. The molecule has 0 aromatic rings. The summed E-state index contributed by atoms with van der Waals surface area (Å²) in [5.41, 5.74) is 0. The van der Waals surface area contributed by atoms with Crippen molar-refractivity contribution in [1.82, 2.24) is 5.32 Å². The molecule has 412 valence electrons. The van der Waals surface area contributed by atoms with E-state index >= 15 is 0 Å².